The van der Waals surface area contributed by atoms with Gasteiger partial charge in [0.25, 0.3) is 0 Å². The van der Waals surface area contributed by atoms with Crippen LogP contribution in [0.3, 0.4) is 0 Å². The molecule has 20 heavy (non-hydrogen) atoms. The summed E-state index contributed by atoms with van der Waals surface area (Å²) in [6.45, 7) is 5.04. The molecular weight excluding hydrogens is 268 g/mol. The van der Waals surface area contributed by atoms with Crippen LogP contribution in [0.2, 0.25) is 0 Å². The number of halogens is 2. The lowest BCUT2D eigenvalue weighted by Crippen LogP contribution is -2.41. The molecule has 4 nitrogen and oxygen atoms in total. The van der Waals surface area contributed by atoms with Crippen molar-refractivity contribution in [3.63, 3.8) is 0 Å². The molecule has 0 heterocycles. The summed E-state index contributed by atoms with van der Waals surface area (Å²) in [5.74, 6) is -4.83. The number of nitrogens with two attached hydrogens (primary N) is 1. The summed E-state index contributed by atoms with van der Waals surface area (Å²) < 4.78 is 37.3. The van der Waals surface area contributed by atoms with E-state index >= 15 is 0 Å². The van der Waals surface area contributed by atoms with Crippen LogP contribution in [0.1, 0.15) is 32.4 Å². The number of hydrogen-bond acceptors (Lipinski definition) is 4. The van der Waals surface area contributed by atoms with Crippen molar-refractivity contribution in [2.75, 3.05) is 6.61 Å². The van der Waals surface area contributed by atoms with E-state index in [1.807, 2.05) is 13.8 Å². The van der Waals surface area contributed by atoms with E-state index in [-0.39, 0.29) is 18.3 Å². The number of benzene rings is 1. The lowest BCUT2D eigenvalue weighted by molar-refractivity contribution is -0.174. The summed E-state index contributed by atoms with van der Waals surface area (Å²) >= 11 is 0. The molecule has 1 aromatic carbocycles. The molecule has 112 valence electrons. The van der Waals surface area contributed by atoms with Crippen molar-refractivity contribution in [2.24, 2.45) is 5.73 Å². The predicted molar refractivity (Wildman–Crippen MR) is 70.7 cm³/mol. The van der Waals surface area contributed by atoms with Crippen molar-refractivity contribution in [3.05, 3.63) is 29.8 Å². The zero-order valence-corrected chi connectivity index (χ0v) is 11.7. The lowest BCUT2D eigenvalue weighted by atomic mass is 10.0. The van der Waals surface area contributed by atoms with E-state index in [9.17, 15) is 13.6 Å². The van der Waals surface area contributed by atoms with Gasteiger partial charge in [-0.15, -0.1) is 0 Å². The first-order valence-corrected chi connectivity index (χ1v) is 6.36. The third-order valence-corrected chi connectivity index (χ3v) is 2.55. The first-order chi connectivity index (χ1) is 9.28. The molecular formula is C14H19F2NO3. The van der Waals surface area contributed by atoms with E-state index in [0.717, 1.165) is 0 Å². The van der Waals surface area contributed by atoms with Gasteiger partial charge in [-0.25, -0.2) is 4.79 Å². The summed E-state index contributed by atoms with van der Waals surface area (Å²) in [7, 11) is 0. The minimum absolute atomic E-state index is 0.0181. The summed E-state index contributed by atoms with van der Waals surface area (Å²) in [6.07, 6.45) is -0.0181. The van der Waals surface area contributed by atoms with Crippen molar-refractivity contribution in [3.8, 4) is 5.75 Å². The van der Waals surface area contributed by atoms with Gasteiger partial charge >= 0.3 is 11.9 Å². The average Bonchev–Trinajstić information content (AvgIpc) is 2.38. The van der Waals surface area contributed by atoms with Crippen LogP contribution in [-0.4, -0.2) is 24.6 Å². The molecule has 0 radical (unpaired) electrons. The first kappa shape index (κ1) is 16.4. The molecule has 1 rings (SSSR count). The molecule has 0 aliphatic heterocycles. The van der Waals surface area contributed by atoms with Crippen LogP contribution >= 0.6 is 0 Å². The highest BCUT2D eigenvalue weighted by atomic mass is 19.3. The van der Waals surface area contributed by atoms with E-state index in [1.54, 1.807) is 0 Å². The SMILES string of the molecule is CCOC(=O)C(F)(F)[C@@H](N)c1ccc(OC(C)C)cc1. The second-order valence-corrected chi connectivity index (χ2v) is 4.56. The monoisotopic (exact) mass is 287 g/mol. The van der Waals surface area contributed by atoms with Crippen LogP contribution in [0.15, 0.2) is 24.3 Å². The van der Waals surface area contributed by atoms with Gasteiger partial charge in [0.2, 0.25) is 0 Å². The van der Waals surface area contributed by atoms with Crippen LogP contribution in [0.5, 0.6) is 5.75 Å². The second kappa shape index (κ2) is 6.65. The summed E-state index contributed by atoms with van der Waals surface area (Å²) in [5.41, 5.74) is 5.60. The Morgan fingerprint density at radius 1 is 1.30 bits per heavy atom. The van der Waals surface area contributed by atoms with Crippen LogP contribution in [0.25, 0.3) is 0 Å². The Bertz CT molecular complexity index is 446. The molecule has 0 spiro atoms. The van der Waals surface area contributed by atoms with Crippen molar-refractivity contribution < 1.29 is 23.0 Å². The number of carbonyl (C=O) groups excluding carboxylic acids is 1. The Kier molecular flexibility index (Phi) is 5.44. The Balaban J connectivity index is 2.86. The maximum absolute atomic E-state index is 13.8. The smallest absolute Gasteiger partial charge is 0.379 e. The van der Waals surface area contributed by atoms with Gasteiger partial charge in [-0.1, -0.05) is 12.1 Å². The number of carbonyl (C=O) groups is 1. The van der Waals surface area contributed by atoms with Crippen molar-refractivity contribution in [1.82, 2.24) is 0 Å². The van der Waals surface area contributed by atoms with Gasteiger partial charge < -0.3 is 15.2 Å². The zero-order chi connectivity index (χ0) is 15.3. The van der Waals surface area contributed by atoms with E-state index in [1.165, 1.54) is 31.2 Å². The second-order valence-electron chi connectivity index (χ2n) is 4.56. The summed E-state index contributed by atoms with van der Waals surface area (Å²) in [4.78, 5) is 11.2. The van der Waals surface area contributed by atoms with Gasteiger partial charge in [-0.3, -0.25) is 0 Å². The molecule has 0 bridgehead atoms. The highest BCUT2D eigenvalue weighted by Crippen LogP contribution is 2.31. The van der Waals surface area contributed by atoms with Crippen LogP contribution < -0.4 is 10.5 Å². The Morgan fingerprint density at radius 3 is 2.30 bits per heavy atom. The fraction of sp³-hybridized carbons (Fsp3) is 0.500. The van der Waals surface area contributed by atoms with Crippen LogP contribution in [0, 0.1) is 0 Å². The number of hydrogen-bond donors (Lipinski definition) is 1. The zero-order valence-electron chi connectivity index (χ0n) is 11.7. The molecule has 0 saturated carbocycles. The van der Waals surface area contributed by atoms with Crippen molar-refractivity contribution in [1.29, 1.82) is 0 Å². The van der Waals surface area contributed by atoms with Crippen molar-refractivity contribution >= 4 is 5.97 Å². The molecule has 0 aromatic heterocycles. The largest absolute Gasteiger partial charge is 0.491 e. The van der Waals surface area contributed by atoms with E-state index < -0.39 is 17.9 Å². The highest BCUT2D eigenvalue weighted by molar-refractivity contribution is 5.78. The van der Waals surface area contributed by atoms with Gasteiger partial charge in [0, 0.05) is 0 Å². The molecule has 0 unspecified atom stereocenters. The van der Waals surface area contributed by atoms with Crippen molar-refractivity contribution in [2.45, 2.75) is 38.8 Å². The Hall–Kier alpha value is -1.69. The lowest BCUT2D eigenvalue weighted by Gasteiger charge is -2.22. The summed E-state index contributed by atoms with van der Waals surface area (Å²) in [5, 5.41) is 0. The summed E-state index contributed by atoms with van der Waals surface area (Å²) in [6, 6.07) is 4.15. The quantitative estimate of drug-likeness (QED) is 0.817. The van der Waals surface area contributed by atoms with Crippen LogP contribution in [-0.2, 0) is 9.53 Å². The fourth-order valence-electron chi connectivity index (χ4n) is 1.59. The van der Waals surface area contributed by atoms with Gasteiger partial charge in [-0.05, 0) is 38.5 Å². The first-order valence-electron chi connectivity index (χ1n) is 6.36. The minimum atomic E-state index is -3.77. The maximum Gasteiger partial charge on any atom is 0.379 e. The van der Waals surface area contributed by atoms with E-state index in [2.05, 4.69) is 4.74 Å². The third kappa shape index (κ3) is 3.90. The van der Waals surface area contributed by atoms with Gasteiger partial charge in [0.15, 0.2) is 0 Å². The molecule has 0 aliphatic carbocycles. The van der Waals surface area contributed by atoms with E-state index in [0.29, 0.717) is 5.75 Å². The fourth-order valence-corrected chi connectivity index (χ4v) is 1.59. The molecule has 1 aromatic rings. The average molecular weight is 287 g/mol. The number of esters is 1. The molecule has 0 fully saturated rings. The van der Waals surface area contributed by atoms with E-state index in [4.69, 9.17) is 10.5 Å². The number of ether oxygens (including phenoxy) is 2. The normalized spacial score (nSPS) is 13.2. The third-order valence-electron chi connectivity index (χ3n) is 2.55. The maximum atomic E-state index is 13.8. The number of alkyl halides is 2. The Morgan fingerprint density at radius 2 is 1.85 bits per heavy atom. The Labute approximate surface area is 116 Å². The van der Waals surface area contributed by atoms with Crippen LogP contribution in [0.4, 0.5) is 8.78 Å². The molecule has 2 N–H and O–H groups in total. The standard InChI is InChI=1S/C14H19F2NO3/c1-4-19-13(18)14(15,16)12(17)10-5-7-11(8-6-10)20-9(2)3/h5-9,12H,4,17H2,1-3H3/t12-/m0/s1. The predicted octanol–water partition coefficient (Wildman–Crippen LogP) is 2.67. The topological polar surface area (TPSA) is 61.5 Å². The van der Waals surface area contributed by atoms with Gasteiger partial charge in [0.1, 0.15) is 11.8 Å². The number of rotatable bonds is 6. The molecule has 0 amide bonds. The van der Waals surface area contributed by atoms with Gasteiger partial charge in [-0.2, -0.15) is 8.78 Å². The molecule has 1 atom stereocenters. The molecule has 6 heteroatoms. The molecule has 0 aliphatic rings. The minimum Gasteiger partial charge on any atom is -0.491 e. The molecule has 0 saturated heterocycles. The highest BCUT2D eigenvalue weighted by Gasteiger charge is 2.47. The van der Waals surface area contributed by atoms with Gasteiger partial charge in [0.05, 0.1) is 12.7 Å².